The molecule has 2 aromatic rings. The molecule has 130 valence electrons. The Kier molecular flexibility index (Phi) is 5.95. The lowest BCUT2D eigenvalue weighted by Crippen LogP contribution is -2.13. The summed E-state index contributed by atoms with van der Waals surface area (Å²) in [6.45, 7) is 3.37. The molecule has 0 aliphatic rings. The average molecular weight is 339 g/mol. The highest BCUT2D eigenvalue weighted by atomic mass is 16.5. The Labute approximate surface area is 147 Å². The number of anilines is 1. The van der Waals surface area contributed by atoms with Crippen molar-refractivity contribution in [1.82, 2.24) is 0 Å². The van der Waals surface area contributed by atoms with Gasteiger partial charge >= 0.3 is 0 Å². The maximum atomic E-state index is 12.6. The highest BCUT2D eigenvalue weighted by molar-refractivity contribution is 6.06. The van der Waals surface area contributed by atoms with Crippen LogP contribution in [0.5, 0.6) is 11.5 Å². The van der Waals surface area contributed by atoms with Gasteiger partial charge in [0.1, 0.15) is 0 Å². The van der Waals surface area contributed by atoms with E-state index in [9.17, 15) is 9.59 Å². The van der Waals surface area contributed by atoms with E-state index >= 15 is 0 Å². The Balaban J connectivity index is 2.37. The lowest BCUT2D eigenvalue weighted by atomic mass is 10.1. The molecule has 0 spiro atoms. The molecule has 1 N–H and O–H groups in total. The highest BCUT2D eigenvalue weighted by Gasteiger charge is 2.15. The van der Waals surface area contributed by atoms with Crippen molar-refractivity contribution in [1.29, 1.82) is 0 Å². The zero-order valence-electron chi connectivity index (χ0n) is 14.8. The maximum Gasteiger partial charge on any atom is 0.255 e. The molecule has 0 bridgehead atoms. The molecule has 2 aromatic carbocycles. The summed E-state index contributed by atoms with van der Waals surface area (Å²) >= 11 is 0. The van der Waals surface area contributed by atoms with Gasteiger partial charge in [-0.05, 0) is 38.1 Å². The number of ketones is 1. The minimum absolute atomic E-state index is 0.0578. The first-order valence-electron chi connectivity index (χ1n) is 7.81. The summed E-state index contributed by atoms with van der Waals surface area (Å²) < 4.78 is 10.7. The lowest BCUT2D eigenvalue weighted by molar-refractivity contribution is 0.101. The van der Waals surface area contributed by atoms with E-state index in [1.165, 1.54) is 14.0 Å². The van der Waals surface area contributed by atoms with Gasteiger partial charge in [-0.2, -0.15) is 0 Å². The standard InChI is InChI=1S/C20H21NO4/c1-5-7-15-10-16(12-18(24-3)19(15)25-4)20(23)21-17-9-6-8-14(11-17)13(2)22/h5-12H,1-4H3,(H,21,23). The van der Waals surface area contributed by atoms with Crippen molar-refractivity contribution in [2.45, 2.75) is 13.8 Å². The van der Waals surface area contributed by atoms with Crippen molar-refractivity contribution in [2.24, 2.45) is 0 Å². The first-order chi connectivity index (χ1) is 12.0. The van der Waals surface area contributed by atoms with Gasteiger partial charge in [-0.15, -0.1) is 0 Å². The molecule has 0 aliphatic carbocycles. The Morgan fingerprint density at radius 1 is 1.04 bits per heavy atom. The van der Waals surface area contributed by atoms with Gasteiger partial charge < -0.3 is 14.8 Å². The number of allylic oxidation sites excluding steroid dienone is 1. The van der Waals surface area contributed by atoms with Gasteiger partial charge in [0.2, 0.25) is 0 Å². The number of nitrogens with one attached hydrogen (secondary N) is 1. The molecule has 0 saturated carbocycles. The number of ether oxygens (including phenoxy) is 2. The predicted octanol–water partition coefficient (Wildman–Crippen LogP) is 4.19. The Morgan fingerprint density at radius 2 is 1.80 bits per heavy atom. The van der Waals surface area contributed by atoms with Crippen LogP contribution in [0, 0.1) is 0 Å². The lowest BCUT2D eigenvalue weighted by Gasteiger charge is -2.13. The van der Waals surface area contributed by atoms with Gasteiger partial charge in [0, 0.05) is 22.4 Å². The van der Waals surface area contributed by atoms with Crippen LogP contribution in [0.25, 0.3) is 6.08 Å². The number of benzene rings is 2. The van der Waals surface area contributed by atoms with Gasteiger partial charge in [0.05, 0.1) is 14.2 Å². The van der Waals surface area contributed by atoms with Gasteiger partial charge in [-0.3, -0.25) is 9.59 Å². The minimum atomic E-state index is -0.299. The molecule has 0 unspecified atom stereocenters. The minimum Gasteiger partial charge on any atom is -0.493 e. The predicted molar refractivity (Wildman–Crippen MR) is 98.7 cm³/mol. The van der Waals surface area contributed by atoms with Crippen LogP contribution in [-0.4, -0.2) is 25.9 Å². The van der Waals surface area contributed by atoms with E-state index in [1.807, 2.05) is 19.1 Å². The largest absolute Gasteiger partial charge is 0.493 e. The molecular weight excluding hydrogens is 318 g/mol. The normalized spacial score (nSPS) is 10.6. The van der Waals surface area contributed by atoms with E-state index in [1.54, 1.807) is 43.5 Å². The zero-order chi connectivity index (χ0) is 18.4. The van der Waals surface area contributed by atoms with Gasteiger partial charge in [-0.1, -0.05) is 24.3 Å². The Hall–Kier alpha value is -3.08. The second-order valence-electron chi connectivity index (χ2n) is 5.39. The van der Waals surface area contributed by atoms with E-state index in [2.05, 4.69) is 5.32 Å². The molecule has 0 aliphatic heterocycles. The van der Waals surface area contributed by atoms with Crippen molar-refractivity contribution in [3.8, 4) is 11.5 Å². The number of carbonyl (C=O) groups is 2. The van der Waals surface area contributed by atoms with Crippen LogP contribution in [0.1, 0.15) is 40.1 Å². The van der Waals surface area contributed by atoms with Crippen molar-refractivity contribution < 1.29 is 19.1 Å². The fourth-order valence-electron chi connectivity index (χ4n) is 2.45. The summed E-state index contributed by atoms with van der Waals surface area (Å²) in [6.07, 6.45) is 3.70. The number of rotatable bonds is 6. The summed E-state index contributed by atoms with van der Waals surface area (Å²) in [4.78, 5) is 24.1. The van der Waals surface area contributed by atoms with Crippen LogP contribution < -0.4 is 14.8 Å². The number of carbonyl (C=O) groups excluding carboxylic acids is 2. The molecule has 0 heterocycles. The van der Waals surface area contributed by atoms with Gasteiger partial charge in [-0.25, -0.2) is 0 Å². The summed E-state index contributed by atoms with van der Waals surface area (Å²) in [5, 5.41) is 2.80. The quantitative estimate of drug-likeness (QED) is 0.802. The van der Waals surface area contributed by atoms with E-state index in [4.69, 9.17) is 9.47 Å². The first kappa shape index (κ1) is 18.3. The second-order valence-corrected chi connectivity index (χ2v) is 5.39. The number of hydrogen-bond donors (Lipinski definition) is 1. The molecule has 0 fully saturated rings. The van der Waals surface area contributed by atoms with E-state index in [0.717, 1.165) is 5.56 Å². The molecule has 0 radical (unpaired) electrons. The van der Waals surface area contributed by atoms with Crippen LogP contribution in [-0.2, 0) is 0 Å². The number of methoxy groups -OCH3 is 2. The maximum absolute atomic E-state index is 12.6. The van der Waals surface area contributed by atoms with Crippen LogP contribution >= 0.6 is 0 Å². The SMILES string of the molecule is CC=Cc1cc(C(=O)Nc2cccc(C(C)=O)c2)cc(OC)c1OC. The molecule has 1 amide bonds. The van der Waals surface area contributed by atoms with Gasteiger partial charge in [0.15, 0.2) is 17.3 Å². The summed E-state index contributed by atoms with van der Waals surface area (Å²) in [6, 6.07) is 10.2. The molecule has 5 nitrogen and oxygen atoms in total. The number of hydrogen-bond acceptors (Lipinski definition) is 4. The monoisotopic (exact) mass is 339 g/mol. The smallest absolute Gasteiger partial charge is 0.255 e. The topological polar surface area (TPSA) is 64.6 Å². The third kappa shape index (κ3) is 4.26. The van der Waals surface area contributed by atoms with Crippen LogP contribution in [0.4, 0.5) is 5.69 Å². The summed E-state index contributed by atoms with van der Waals surface area (Å²) in [5.41, 5.74) is 2.27. The second kappa shape index (κ2) is 8.15. The fourth-order valence-corrected chi connectivity index (χ4v) is 2.45. The van der Waals surface area contributed by atoms with Crippen LogP contribution in [0.3, 0.4) is 0 Å². The van der Waals surface area contributed by atoms with Crippen molar-refractivity contribution >= 4 is 23.5 Å². The Bertz CT molecular complexity index is 824. The average Bonchev–Trinajstić information content (AvgIpc) is 2.61. The molecule has 0 aromatic heterocycles. The third-order valence-corrected chi connectivity index (χ3v) is 3.64. The third-order valence-electron chi connectivity index (χ3n) is 3.64. The summed E-state index contributed by atoms with van der Waals surface area (Å²) in [7, 11) is 3.08. The number of Topliss-reactive ketones (excluding diaryl/α,β-unsaturated/α-hetero) is 1. The molecular formula is C20H21NO4. The molecule has 0 atom stereocenters. The van der Waals surface area contributed by atoms with Crippen molar-refractivity contribution in [3.63, 3.8) is 0 Å². The van der Waals surface area contributed by atoms with Gasteiger partial charge in [0.25, 0.3) is 5.91 Å². The Morgan fingerprint density at radius 3 is 2.40 bits per heavy atom. The first-order valence-corrected chi connectivity index (χ1v) is 7.81. The zero-order valence-corrected chi connectivity index (χ0v) is 14.8. The molecule has 25 heavy (non-hydrogen) atoms. The van der Waals surface area contributed by atoms with Crippen LogP contribution in [0.2, 0.25) is 0 Å². The highest BCUT2D eigenvalue weighted by Crippen LogP contribution is 2.33. The van der Waals surface area contributed by atoms with E-state index < -0.39 is 0 Å². The molecule has 2 rings (SSSR count). The van der Waals surface area contributed by atoms with Crippen molar-refractivity contribution in [2.75, 3.05) is 19.5 Å². The fraction of sp³-hybridized carbons (Fsp3) is 0.200. The van der Waals surface area contributed by atoms with E-state index in [0.29, 0.717) is 28.3 Å². The van der Waals surface area contributed by atoms with E-state index in [-0.39, 0.29) is 11.7 Å². The molecule has 0 saturated heterocycles. The van der Waals surface area contributed by atoms with Crippen molar-refractivity contribution in [3.05, 3.63) is 59.2 Å². The summed E-state index contributed by atoms with van der Waals surface area (Å²) in [5.74, 6) is 0.682. The van der Waals surface area contributed by atoms with Crippen LogP contribution in [0.15, 0.2) is 42.5 Å². The molecule has 5 heteroatoms. The number of amides is 1.